The lowest BCUT2D eigenvalue weighted by atomic mass is 10.1. The molecule has 274 valence electrons. The van der Waals surface area contributed by atoms with Gasteiger partial charge in [-0.3, -0.25) is 9.80 Å². The van der Waals surface area contributed by atoms with E-state index < -0.39 is 11.2 Å². The highest BCUT2D eigenvalue weighted by Crippen LogP contribution is 2.81. The average molecular weight is 723 g/mol. The van der Waals surface area contributed by atoms with Gasteiger partial charge in [0, 0.05) is 23.2 Å². The zero-order valence-corrected chi connectivity index (χ0v) is 31.1. The molecule has 12 heteroatoms. The monoisotopic (exact) mass is 722 g/mol. The van der Waals surface area contributed by atoms with E-state index in [0.29, 0.717) is 29.7 Å². The Kier molecular flexibility index (Phi) is 6.26. The third-order valence-corrected chi connectivity index (χ3v) is 11.9. The van der Waals surface area contributed by atoms with Gasteiger partial charge in [-0.15, -0.1) is 0 Å². The number of imidazole rings is 2. The SMILES string of the molecule is CC(C)(C)OC(=O)N1C(c2nc3ccc(-c4ccc5nc(-c6ccc7nc([C@@H]8C[C@H]9C[C@H]9N8C(=O)OC(C)(C)C)[nH]c7c6)ccc5n4)cc3[nH]2)C2C3[C@H]2[C@@H]31. The quantitative estimate of drug-likeness (QED) is 0.185. The van der Waals surface area contributed by atoms with Gasteiger partial charge < -0.3 is 19.4 Å². The molecule has 6 aromatic rings. The van der Waals surface area contributed by atoms with Gasteiger partial charge >= 0.3 is 12.2 Å². The minimum absolute atomic E-state index is 0.0712. The Morgan fingerprint density at radius 3 is 1.72 bits per heavy atom. The number of benzene rings is 2. The number of carbonyl (C=O) groups is 2. The molecular weight excluding hydrogens is 681 g/mol. The summed E-state index contributed by atoms with van der Waals surface area (Å²) < 4.78 is 11.5. The van der Waals surface area contributed by atoms with Gasteiger partial charge in [0.25, 0.3) is 0 Å². The summed E-state index contributed by atoms with van der Waals surface area (Å²) in [5.41, 5.74) is 7.67. The van der Waals surface area contributed by atoms with Crippen LogP contribution in [0.4, 0.5) is 9.59 Å². The second kappa shape index (κ2) is 10.6. The third-order valence-electron chi connectivity index (χ3n) is 11.9. The summed E-state index contributed by atoms with van der Waals surface area (Å²) >= 11 is 0. The van der Waals surface area contributed by atoms with Gasteiger partial charge in [-0.05, 0) is 127 Å². The van der Waals surface area contributed by atoms with Crippen LogP contribution in [-0.4, -0.2) is 75.2 Å². The highest BCUT2D eigenvalue weighted by atomic mass is 16.6. The molecule has 12 nitrogen and oxygen atoms in total. The standard InChI is InChI=1S/C42H42N8O4/c1-41(2,3)53-39(51)49-30-17-21(30)18-31(49)37-45-26-9-7-19(15-28(26)47-37)22-11-13-25-24(43-22)14-12-23(44-25)20-8-10-27-29(16-20)48-38(46-27)36-34-32-33(34)35(32)50(36)40(52)54-42(4,5)6/h7-16,21,30-36H,17-18H2,1-6H3,(H,45,47)(H,46,48)/t21-,30-,31+,32-,33?,34?,35+,36?/m1/s1. The fourth-order valence-corrected chi connectivity index (χ4v) is 9.35. The number of likely N-dealkylation sites (tertiary alicyclic amines) is 1. The Morgan fingerprint density at radius 1 is 0.630 bits per heavy atom. The molecule has 0 spiro atoms. The normalized spacial score (nSPS) is 27.7. The first-order valence-corrected chi connectivity index (χ1v) is 19.1. The number of ether oxygens (including phenoxy) is 2. The van der Waals surface area contributed by atoms with Crippen molar-refractivity contribution in [3.8, 4) is 22.5 Å². The van der Waals surface area contributed by atoms with Crippen LogP contribution >= 0.6 is 0 Å². The molecule has 0 radical (unpaired) electrons. The zero-order valence-electron chi connectivity index (χ0n) is 31.1. The summed E-state index contributed by atoms with van der Waals surface area (Å²) in [4.78, 5) is 57.0. The fourth-order valence-electron chi connectivity index (χ4n) is 9.35. The van der Waals surface area contributed by atoms with Crippen molar-refractivity contribution in [2.75, 3.05) is 0 Å². The lowest BCUT2D eigenvalue weighted by Gasteiger charge is -2.29. The van der Waals surface area contributed by atoms with Crippen molar-refractivity contribution in [2.24, 2.45) is 23.7 Å². The predicted octanol–water partition coefficient (Wildman–Crippen LogP) is 8.32. The minimum Gasteiger partial charge on any atom is -0.444 e. The molecule has 7 heterocycles. The van der Waals surface area contributed by atoms with Crippen LogP contribution < -0.4 is 0 Å². The van der Waals surface area contributed by atoms with Gasteiger partial charge in [-0.1, -0.05) is 12.1 Å². The highest BCUT2D eigenvalue weighted by Gasteiger charge is 2.86. The number of rotatable bonds is 4. The number of carbonyl (C=O) groups excluding carboxylic acids is 2. The molecule has 6 aliphatic rings. The lowest BCUT2D eigenvalue weighted by Crippen LogP contribution is -2.38. The zero-order chi connectivity index (χ0) is 37.0. The Labute approximate surface area is 311 Å². The van der Waals surface area contributed by atoms with E-state index in [1.165, 1.54) is 0 Å². The number of nitrogens with one attached hydrogen (secondary N) is 2. The number of hydrogen-bond donors (Lipinski definition) is 2. The Bertz CT molecular complexity index is 2570. The number of fused-ring (bicyclic) bond motifs is 5. The van der Waals surface area contributed by atoms with Crippen molar-refractivity contribution in [3.63, 3.8) is 0 Å². The van der Waals surface area contributed by atoms with E-state index in [0.717, 1.165) is 80.1 Å². The first kappa shape index (κ1) is 32.0. The van der Waals surface area contributed by atoms with Gasteiger partial charge in [0.15, 0.2) is 0 Å². The van der Waals surface area contributed by atoms with Crippen molar-refractivity contribution >= 4 is 45.3 Å². The molecule has 12 rings (SSSR count). The van der Waals surface area contributed by atoms with E-state index in [1.54, 1.807) is 0 Å². The number of H-pyrrole nitrogens is 2. The molecule has 2 aromatic carbocycles. The average Bonchev–Trinajstić information content (AvgIpc) is 3.94. The maximum Gasteiger partial charge on any atom is 0.411 e. The first-order chi connectivity index (χ1) is 25.8. The van der Waals surface area contributed by atoms with Gasteiger partial charge in [0.1, 0.15) is 22.9 Å². The molecule has 3 unspecified atom stereocenters. The fraction of sp³-hybridized carbons (Fsp3) is 0.429. The topological polar surface area (TPSA) is 142 Å². The van der Waals surface area contributed by atoms with Crippen molar-refractivity contribution in [2.45, 2.75) is 89.8 Å². The summed E-state index contributed by atoms with van der Waals surface area (Å²) in [5, 5.41) is 0. The van der Waals surface area contributed by atoms with Gasteiger partial charge in [0.2, 0.25) is 0 Å². The van der Waals surface area contributed by atoms with E-state index in [2.05, 4.69) is 22.1 Å². The number of nitrogens with zero attached hydrogens (tertiary/aromatic N) is 6. The first-order valence-electron chi connectivity index (χ1n) is 19.1. The third kappa shape index (κ3) is 5.01. The van der Waals surface area contributed by atoms with Gasteiger partial charge in [-0.25, -0.2) is 29.5 Å². The summed E-state index contributed by atoms with van der Waals surface area (Å²) in [6.07, 6.45) is 1.41. The van der Waals surface area contributed by atoms with Crippen LogP contribution in [0.3, 0.4) is 0 Å². The Morgan fingerprint density at radius 2 is 1.15 bits per heavy atom. The minimum atomic E-state index is -0.550. The molecule has 3 saturated carbocycles. The smallest absolute Gasteiger partial charge is 0.411 e. The maximum atomic E-state index is 13.2. The lowest BCUT2D eigenvalue weighted by molar-refractivity contribution is 0.0172. The van der Waals surface area contributed by atoms with E-state index in [-0.39, 0.29) is 30.3 Å². The van der Waals surface area contributed by atoms with Crippen molar-refractivity contribution in [1.29, 1.82) is 0 Å². The second-order valence-corrected chi connectivity index (χ2v) is 17.9. The van der Waals surface area contributed by atoms with E-state index in [4.69, 9.17) is 29.4 Å². The molecule has 4 aromatic heterocycles. The van der Waals surface area contributed by atoms with Crippen molar-refractivity contribution in [3.05, 3.63) is 72.3 Å². The van der Waals surface area contributed by atoms with E-state index in [1.807, 2.05) is 99.9 Å². The van der Waals surface area contributed by atoms with E-state index in [9.17, 15) is 9.59 Å². The number of aromatic amines is 2. The van der Waals surface area contributed by atoms with Crippen molar-refractivity contribution in [1.82, 2.24) is 39.7 Å². The molecule has 3 aliphatic carbocycles. The Hall–Kier alpha value is -5.52. The van der Waals surface area contributed by atoms with Gasteiger partial charge in [-0.2, -0.15) is 0 Å². The summed E-state index contributed by atoms with van der Waals surface area (Å²) in [6, 6.07) is 20.6. The van der Waals surface area contributed by atoms with Crippen LogP contribution in [0.25, 0.3) is 55.6 Å². The van der Waals surface area contributed by atoms with Crippen LogP contribution in [0.1, 0.15) is 78.1 Å². The molecule has 2 bridgehead atoms. The number of piperidine rings is 2. The molecule has 3 aliphatic heterocycles. The maximum absolute atomic E-state index is 13.2. The summed E-state index contributed by atoms with van der Waals surface area (Å²) in [5.74, 6) is 3.79. The summed E-state index contributed by atoms with van der Waals surface area (Å²) in [7, 11) is 0. The number of aromatic nitrogens is 6. The van der Waals surface area contributed by atoms with Crippen LogP contribution in [0.2, 0.25) is 0 Å². The number of pyridine rings is 2. The molecule has 6 fully saturated rings. The van der Waals surface area contributed by atoms with Crippen LogP contribution in [0, 0.1) is 23.7 Å². The van der Waals surface area contributed by atoms with E-state index >= 15 is 0 Å². The molecule has 3 saturated heterocycles. The van der Waals surface area contributed by atoms with Crippen molar-refractivity contribution < 1.29 is 19.1 Å². The predicted molar refractivity (Wildman–Crippen MR) is 202 cm³/mol. The molecule has 54 heavy (non-hydrogen) atoms. The molecular formula is C42H42N8O4. The number of amides is 2. The number of hydrogen-bond acceptors (Lipinski definition) is 8. The second-order valence-electron chi connectivity index (χ2n) is 17.9. The van der Waals surface area contributed by atoms with Crippen LogP contribution in [0.5, 0.6) is 0 Å². The summed E-state index contributed by atoms with van der Waals surface area (Å²) in [6.45, 7) is 11.4. The van der Waals surface area contributed by atoms with Crippen LogP contribution in [-0.2, 0) is 9.47 Å². The Balaban J connectivity index is 0.837. The molecule has 2 N–H and O–H groups in total. The molecule has 8 atom stereocenters. The highest BCUT2D eigenvalue weighted by molar-refractivity contribution is 5.86. The van der Waals surface area contributed by atoms with Gasteiger partial charge in [0.05, 0.1) is 56.6 Å². The molecule has 2 amide bonds. The van der Waals surface area contributed by atoms with Crippen LogP contribution in [0.15, 0.2) is 60.7 Å². The largest absolute Gasteiger partial charge is 0.444 e.